The van der Waals surface area contributed by atoms with Gasteiger partial charge >= 0.3 is 0 Å². The highest BCUT2D eigenvalue weighted by atomic mass is 16.2. The third kappa shape index (κ3) is 4.06. The van der Waals surface area contributed by atoms with Crippen molar-refractivity contribution >= 4 is 23.0 Å². The number of nitrogens with two attached hydrogens (primary N) is 1. The van der Waals surface area contributed by atoms with Crippen LogP contribution in [-0.2, 0) is 11.2 Å². The van der Waals surface area contributed by atoms with Crippen LogP contribution in [0, 0.1) is 36.0 Å². The summed E-state index contributed by atoms with van der Waals surface area (Å²) in [7, 11) is 0. The van der Waals surface area contributed by atoms with Crippen LogP contribution in [0.1, 0.15) is 54.3 Å². The minimum Gasteiger partial charge on any atom is -0.382 e. The first-order valence-corrected chi connectivity index (χ1v) is 13.1. The molecule has 1 saturated heterocycles. The Labute approximate surface area is 227 Å². The fourth-order valence-electron chi connectivity index (χ4n) is 6.24. The molecule has 4 aromatic rings. The summed E-state index contributed by atoms with van der Waals surface area (Å²) in [6, 6.07) is 11.0. The number of nitrogens with zero attached hydrogens (tertiary/aromatic N) is 5. The third-order valence-electron chi connectivity index (χ3n) is 8.37. The van der Waals surface area contributed by atoms with Crippen LogP contribution in [0.4, 0.5) is 5.82 Å². The van der Waals surface area contributed by atoms with Crippen LogP contribution < -0.4 is 5.73 Å². The molecule has 196 valence electrons. The summed E-state index contributed by atoms with van der Waals surface area (Å²) in [6.07, 6.45) is 5.46. The van der Waals surface area contributed by atoms with Gasteiger partial charge in [0.2, 0.25) is 0 Å². The van der Waals surface area contributed by atoms with Crippen LogP contribution in [0.2, 0.25) is 0 Å². The number of benzene rings is 1. The largest absolute Gasteiger partial charge is 0.382 e. The van der Waals surface area contributed by atoms with Crippen molar-refractivity contribution in [1.29, 1.82) is 0 Å². The van der Waals surface area contributed by atoms with Gasteiger partial charge in [-0.05, 0) is 54.7 Å². The first-order valence-electron chi connectivity index (χ1n) is 13.1. The second kappa shape index (κ2) is 9.05. The fourth-order valence-corrected chi connectivity index (χ4v) is 6.24. The molecular weight excluding hydrogens is 488 g/mol. The molecular formula is C31H30N6O2. The Morgan fingerprint density at radius 1 is 1.13 bits per heavy atom. The Hall–Kier alpha value is -4.51. The highest BCUT2D eigenvalue weighted by Gasteiger charge is 2.68. The molecule has 1 aromatic carbocycles. The van der Waals surface area contributed by atoms with Crippen LogP contribution in [-0.4, -0.2) is 42.5 Å². The van der Waals surface area contributed by atoms with Gasteiger partial charge in [-0.1, -0.05) is 44.0 Å². The second-order valence-corrected chi connectivity index (χ2v) is 11.1. The van der Waals surface area contributed by atoms with E-state index in [4.69, 9.17) is 10.7 Å². The monoisotopic (exact) mass is 518 g/mol. The number of rotatable bonds is 5. The van der Waals surface area contributed by atoms with Gasteiger partial charge < -0.3 is 10.6 Å². The number of hydrogen-bond donors (Lipinski definition) is 1. The maximum Gasteiger partial charge on any atom is 0.299 e. The van der Waals surface area contributed by atoms with Crippen LogP contribution in [0.25, 0.3) is 16.8 Å². The number of hydrogen-bond acceptors (Lipinski definition) is 6. The molecule has 2 fully saturated rings. The standard InChI is InChI=1S/C31H30N6O2/c1-5-6-24(39)37-17-22-25(31(22,3)4)27(37)30-35-26(28-29(32)34-13-14-36(28)30)20-9-7-19(8-10-20)23(38)16-21-15-18(2)11-12-33-21/h7-15,22,25,27H,16-17H2,1-4H3,(H2,32,34)/t22-,25-,27-/m0/s1. The molecule has 0 radical (unpaired) electrons. The molecule has 39 heavy (non-hydrogen) atoms. The summed E-state index contributed by atoms with van der Waals surface area (Å²) in [6.45, 7) is 8.81. The van der Waals surface area contributed by atoms with E-state index in [1.165, 1.54) is 0 Å². The lowest BCUT2D eigenvalue weighted by atomic mass is 10.0. The van der Waals surface area contributed by atoms with Gasteiger partial charge in [0.05, 0.1) is 12.5 Å². The predicted octanol–water partition coefficient (Wildman–Crippen LogP) is 4.29. The predicted molar refractivity (Wildman–Crippen MR) is 149 cm³/mol. The Bertz CT molecular complexity index is 1690. The number of nitrogen functional groups attached to an aromatic ring is 1. The van der Waals surface area contributed by atoms with Crippen LogP contribution in [0.5, 0.6) is 0 Å². The molecule has 0 unspecified atom stereocenters. The van der Waals surface area contributed by atoms with Gasteiger partial charge in [0.15, 0.2) is 5.78 Å². The number of piperidine rings is 1. The molecule has 0 spiro atoms. The summed E-state index contributed by atoms with van der Waals surface area (Å²) in [5, 5.41) is 0. The van der Waals surface area contributed by atoms with Crippen LogP contribution >= 0.6 is 0 Å². The molecule has 6 rings (SSSR count). The van der Waals surface area contributed by atoms with Crippen molar-refractivity contribution in [1.82, 2.24) is 24.3 Å². The third-order valence-corrected chi connectivity index (χ3v) is 8.37. The number of aromatic nitrogens is 4. The Morgan fingerprint density at radius 3 is 2.62 bits per heavy atom. The summed E-state index contributed by atoms with van der Waals surface area (Å²) < 4.78 is 1.96. The normalized spacial score (nSPS) is 20.8. The number of anilines is 1. The van der Waals surface area contributed by atoms with Crippen molar-refractivity contribution in [3.8, 4) is 23.1 Å². The van der Waals surface area contributed by atoms with Crippen LogP contribution in [0.3, 0.4) is 0 Å². The topological polar surface area (TPSA) is 106 Å². The molecule has 1 aliphatic heterocycles. The van der Waals surface area contributed by atoms with E-state index in [0.717, 1.165) is 22.6 Å². The van der Waals surface area contributed by atoms with Gasteiger partial charge in [0, 0.05) is 42.0 Å². The van der Waals surface area contributed by atoms with Crippen molar-refractivity contribution in [3.63, 3.8) is 0 Å². The smallest absolute Gasteiger partial charge is 0.299 e. The zero-order chi connectivity index (χ0) is 27.5. The summed E-state index contributed by atoms with van der Waals surface area (Å²) >= 11 is 0. The van der Waals surface area contributed by atoms with E-state index in [9.17, 15) is 9.59 Å². The summed E-state index contributed by atoms with van der Waals surface area (Å²) in [4.78, 5) is 41.5. The number of ketones is 1. The molecule has 1 aliphatic carbocycles. The lowest BCUT2D eigenvalue weighted by Gasteiger charge is -2.28. The molecule has 3 atom stereocenters. The summed E-state index contributed by atoms with van der Waals surface area (Å²) in [5.74, 6) is 7.06. The number of carbonyl (C=O) groups is 2. The maximum absolute atomic E-state index is 13.0. The van der Waals surface area contributed by atoms with Crippen LogP contribution in [0.15, 0.2) is 55.0 Å². The average Bonchev–Trinajstić information content (AvgIpc) is 3.23. The van der Waals surface area contributed by atoms with Crippen molar-refractivity contribution in [2.45, 2.75) is 40.2 Å². The van der Waals surface area contributed by atoms with Gasteiger partial charge in [-0.25, -0.2) is 9.97 Å². The maximum atomic E-state index is 13.0. The molecule has 8 nitrogen and oxygen atoms in total. The van der Waals surface area contributed by atoms with Gasteiger partial charge in [0.25, 0.3) is 5.91 Å². The van der Waals surface area contributed by atoms with Crippen molar-refractivity contribution < 1.29 is 9.59 Å². The minimum atomic E-state index is -0.218. The SMILES string of the molecule is CC#CC(=O)N1C[C@H]2[C@@H]([C@H]1c1nc(-c3ccc(C(=O)Cc4cc(C)ccn4)cc3)c3c(N)nccn13)C2(C)C. The number of likely N-dealkylation sites (tertiary alicyclic amines) is 1. The second-order valence-electron chi connectivity index (χ2n) is 11.1. The van der Waals surface area contributed by atoms with Gasteiger partial charge in [0.1, 0.15) is 22.9 Å². The molecule has 3 aromatic heterocycles. The lowest BCUT2D eigenvalue weighted by molar-refractivity contribution is -0.127. The van der Waals surface area contributed by atoms with E-state index in [2.05, 4.69) is 35.7 Å². The Morgan fingerprint density at radius 2 is 1.90 bits per heavy atom. The van der Waals surface area contributed by atoms with E-state index >= 15 is 0 Å². The van der Waals surface area contributed by atoms with Gasteiger partial charge in [-0.15, -0.1) is 0 Å². The van der Waals surface area contributed by atoms with E-state index in [0.29, 0.717) is 35.1 Å². The summed E-state index contributed by atoms with van der Waals surface area (Å²) in [5.41, 5.74) is 11.1. The number of Topliss-reactive ketones (excluding diaryl/α,β-unsaturated/α-hetero) is 1. The van der Waals surface area contributed by atoms with Crippen molar-refractivity contribution in [2.24, 2.45) is 17.3 Å². The first-order chi connectivity index (χ1) is 18.7. The van der Waals surface area contributed by atoms with Gasteiger partial charge in [-0.2, -0.15) is 0 Å². The number of imidazole rings is 1. The average molecular weight is 519 g/mol. The van der Waals surface area contributed by atoms with Gasteiger partial charge in [-0.3, -0.25) is 19.0 Å². The highest BCUT2D eigenvalue weighted by molar-refractivity contribution is 5.98. The number of carbonyl (C=O) groups excluding carboxylic acids is 2. The van der Waals surface area contributed by atoms with E-state index in [1.807, 2.05) is 58.8 Å². The number of aryl methyl sites for hydroxylation is 1. The Balaban J connectivity index is 1.38. The minimum absolute atomic E-state index is 0.00429. The first kappa shape index (κ1) is 24.8. The quantitative estimate of drug-likeness (QED) is 0.312. The molecule has 1 saturated carbocycles. The van der Waals surface area contributed by atoms with Crippen molar-refractivity contribution in [2.75, 3.05) is 12.3 Å². The molecule has 8 heteroatoms. The lowest BCUT2D eigenvalue weighted by Crippen LogP contribution is -2.35. The number of amides is 1. The highest BCUT2D eigenvalue weighted by Crippen LogP contribution is 2.69. The molecule has 1 amide bonds. The molecule has 2 aliphatic rings. The number of pyridine rings is 1. The number of fused-ring (bicyclic) bond motifs is 2. The Kier molecular flexibility index (Phi) is 5.76. The van der Waals surface area contributed by atoms with E-state index < -0.39 is 0 Å². The molecule has 2 N–H and O–H groups in total. The zero-order valence-corrected chi connectivity index (χ0v) is 22.5. The molecule has 4 heterocycles. The van der Waals surface area contributed by atoms with Crippen molar-refractivity contribution in [3.05, 3.63) is 77.6 Å². The zero-order valence-electron chi connectivity index (χ0n) is 22.5. The molecule has 0 bridgehead atoms. The van der Waals surface area contributed by atoms with E-state index in [1.54, 1.807) is 19.3 Å². The fraction of sp³-hybridized carbons (Fsp3) is 0.323. The van der Waals surface area contributed by atoms with E-state index in [-0.39, 0.29) is 35.5 Å².